The monoisotopic (exact) mass is 459 g/mol. The standard InChI is InChI=1S/C25H37N3O5/c1-17(2)5-6-20-24(3,33-20)22-21(30-4)19(7-9-25(22)15-31-25)32-23(29)28-13-18(14-28)8-11-27-12-10-26-16-27/h5,10,12,16,18-22H,6-9,11,13-15H2,1-4H3/t19-,20-,21-,22?,24+,25+/m1/s1. The van der Waals surface area contributed by atoms with Gasteiger partial charge in [-0.1, -0.05) is 11.6 Å². The number of rotatable bonds is 8. The van der Waals surface area contributed by atoms with Gasteiger partial charge in [-0.25, -0.2) is 9.78 Å². The summed E-state index contributed by atoms with van der Waals surface area (Å²) in [6.07, 6.45) is 10.8. The van der Waals surface area contributed by atoms with Crippen molar-refractivity contribution in [1.82, 2.24) is 14.5 Å². The van der Waals surface area contributed by atoms with E-state index in [2.05, 4.69) is 36.4 Å². The Morgan fingerprint density at radius 1 is 1.33 bits per heavy atom. The number of nitrogens with zero attached hydrogens (tertiary/aromatic N) is 3. The molecule has 1 spiro atoms. The highest BCUT2D eigenvalue weighted by Crippen LogP contribution is 2.59. The maximum absolute atomic E-state index is 12.9. The van der Waals surface area contributed by atoms with Gasteiger partial charge >= 0.3 is 6.09 Å². The van der Waals surface area contributed by atoms with E-state index in [9.17, 15) is 4.79 Å². The van der Waals surface area contributed by atoms with Crippen LogP contribution in [0.25, 0.3) is 0 Å². The Morgan fingerprint density at radius 3 is 2.76 bits per heavy atom. The van der Waals surface area contributed by atoms with Crippen molar-refractivity contribution in [1.29, 1.82) is 0 Å². The Morgan fingerprint density at radius 2 is 2.12 bits per heavy atom. The summed E-state index contributed by atoms with van der Waals surface area (Å²) in [5.41, 5.74) is 0.776. The number of amides is 1. The molecule has 182 valence electrons. The van der Waals surface area contributed by atoms with Crippen LogP contribution >= 0.6 is 0 Å². The van der Waals surface area contributed by atoms with Crippen LogP contribution in [0.1, 0.15) is 46.5 Å². The molecule has 1 unspecified atom stereocenters. The van der Waals surface area contributed by atoms with E-state index in [1.807, 2.05) is 17.4 Å². The average Bonchev–Trinajstić information content (AvgIpc) is 3.59. The summed E-state index contributed by atoms with van der Waals surface area (Å²) in [5, 5.41) is 0. The van der Waals surface area contributed by atoms with E-state index >= 15 is 0 Å². The highest BCUT2D eigenvalue weighted by molar-refractivity contribution is 5.69. The molecule has 5 rings (SSSR count). The van der Waals surface area contributed by atoms with Gasteiger partial charge < -0.3 is 28.4 Å². The van der Waals surface area contributed by atoms with Gasteiger partial charge in [0, 0.05) is 39.1 Å². The maximum atomic E-state index is 12.9. The van der Waals surface area contributed by atoms with Gasteiger partial charge in [-0.3, -0.25) is 0 Å². The SMILES string of the molecule is CO[C@H]1C([C@@]2(C)O[C@@H]2CC=C(C)C)[C@]2(CC[C@H]1OC(=O)N1CC(CCn3ccnc3)C1)CO2. The predicted octanol–water partition coefficient (Wildman–Crippen LogP) is 3.42. The second-order valence-corrected chi connectivity index (χ2v) is 10.7. The molecule has 0 radical (unpaired) electrons. The zero-order valence-corrected chi connectivity index (χ0v) is 20.2. The van der Waals surface area contributed by atoms with Crippen LogP contribution in [0.15, 0.2) is 30.4 Å². The van der Waals surface area contributed by atoms with Crippen molar-refractivity contribution in [2.24, 2.45) is 11.8 Å². The number of methoxy groups -OCH3 is 1. The normalized spacial score (nSPS) is 37.5. The van der Waals surface area contributed by atoms with E-state index in [1.54, 1.807) is 13.3 Å². The second-order valence-electron chi connectivity index (χ2n) is 10.7. The Bertz CT molecular complexity index is 873. The van der Waals surface area contributed by atoms with E-state index in [1.165, 1.54) is 5.57 Å². The van der Waals surface area contributed by atoms with Crippen molar-refractivity contribution in [2.45, 2.75) is 82.5 Å². The lowest BCUT2D eigenvalue weighted by molar-refractivity contribution is -0.124. The number of likely N-dealkylation sites (tertiary alicyclic amines) is 1. The molecule has 1 aromatic rings. The quantitative estimate of drug-likeness (QED) is 0.438. The van der Waals surface area contributed by atoms with Crippen molar-refractivity contribution < 1.29 is 23.7 Å². The summed E-state index contributed by atoms with van der Waals surface area (Å²) >= 11 is 0. The lowest BCUT2D eigenvalue weighted by Crippen LogP contribution is -2.57. The molecule has 1 amide bonds. The molecular formula is C25H37N3O5. The Hall–Kier alpha value is -1.90. The molecule has 8 heteroatoms. The van der Waals surface area contributed by atoms with E-state index in [0.29, 0.717) is 5.92 Å². The van der Waals surface area contributed by atoms with Gasteiger partial charge in [0.15, 0.2) is 0 Å². The molecule has 1 aromatic heterocycles. The molecule has 1 aliphatic carbocycles. The number of aryl methyl sites for hydroxylation is 1. The number of aromatic nitrogens is 2. The van der Waals surface area contributed by atoms with Crippen LogP contribution in [0, 0.1) is 11.8 Å². The highest BCUT2D eigenvalue weighted by Gasteiger charge is 2.72. The third-order valence-electron chi connectivity index (χ3n) is 8.06. The zero-order valence-electron chi connectivity index (χ0n) is 20.2. The van der Waals surface area contributed by atoms with Crippen LogP contribution in [0.3, 0.4) is 0 Å². The van der Waals surface area contributed by atoms with Crippen LogP contribution in [-0.2, 0) is 25.5 Å². The van der Waals surface area contributed by atoms with Crippen molar-refractivity contribution >= 4 is 6.09 Å². The summed E-state index contributed by atoms with van der Waals surface area (Å²) in [6, 6.07) is 0. The van der Waals surface area contributed by atoms with Crippen LogP contribution < -0.4 is 0 Å². The number of hydrogen-bond donors (Lipinski definition) is 0. The first kappa shape index (κ1) is 22.9. The molecular weight excluding hydrogens is 422 g/mol. The minimum Gasteiger partial charge on any atom is -0.443 e. The molecule has 0 N–H and O–H groups in total. The van der Waals surface area contributed by atoms with Crippen molar-refractivity contribution in [3.8, 4) is 0 Å². The van der Waals surface area contributed by atoms with Gasteiger partial charge in [0.1, 0.15) is 23.4 Å². The van der Waals surface area contributed by atoms with Crippen LogP contribution in [0.2, 0.25) is 0 Å². The van der Waals surface area contributed by atoms with Crippen LogP contribution in [0.5, 0.6) is 0 Å². The van der Waals surface area contributed by atoms with E-state index in [4.69, 9.17) is 18.9 Å². The fraction of sp³-hybridized carbons (Fsp3) is 0.760. The van der Waals surface area contributed by atoms with Crippen LogP contribution in [0.4, 0.5) is 4.79 Å². The number of carbonyl (C=O) groups is 1. The molecule has 3 aliphatic heterocycles. The molecule has 4 aliphatic rings. The molecule has 8 nitrogen and oxygen atoms in total. The lowest BCUT2D eigenvalue weighted by atomic mass is 9.68. The lowest BCUT2D eigenvalue weighted by Gasteiger charge is -2.44. The molecule has 6 atom stereocenters. The third kappa shape index (κ3) is 4.45. The van der Waals surface area contributed by atoms with Crippen molar-refractivity contribution in [3.05, 3.63) is 30.4 Å². The van der Waals surface area contributed by atoms with Gasteiger partial charge in [0.25, 0.3) is 0 Å². The van der Waals surface area contributed by atoms with Crippen molar-refractivity contribution in [2.75, 3.05) is 26.8 Å². The first-order valence-electron chi connectivity index (χ1n) is 12.2. The number of ether oxygens (including phenoxy) is 4. The van der Waals surface area contributed by atoms with Crippen molar-refractivity contribution in [3.63, 3.8) is 0 Å². The Balaban J connectivity index is 1.17. The predicted molar refractivity (Wildman–Crippen MR) is 122 cm³/mol. The van der Waals surface area contributed by atoms with Crippen LogP contribution in [-0.4, -0.2) is 76.9 Å². The zero-order chi connectivity index (χ0) is 23.2. The molecule has 4 heterocycles. The first-order valence-corrected chi connectivity index (χ1v) is 12.2. The number of allylic oxidation sites excluding steroid dienone is 1. The summed E-state index contributed by atoms with van der Waals surface area (Å²) in [7, 11) is 1.71. The summed E-state index contributed by atoms with van der Waals surface area (Å²) < 4.78 is 26.3. The number of imidazole rings is 1. The summed E-state index contributed by atoms with van der Waals surface area (Å²) in [4.78, 5) is 18.8. The summed E-state index contributed by atoms with van der Waals surface area (Å²) in [6.45, 7) is 9.55. The number of carbonyl (C=O) groups excluding carboxylic acids is 1. The molecule has 33 heavy (non-hydrogen) atoms. The van der Waals surface area contributed by atoms with Gasteiger partial charge in [0.2, 0.25) is 0 Å². The summed E-state index contributed by atoms with van der Waals surface area (Å²) in [5.74, 6) is 0.562. The fourth-order valence-electron chi connectivity index (χ4n) is 5.93. The average molecular weight is 460 g/mol. The second kappa shape index (κ2) is 8.71. The smallest absolute Gasteiger partial charge is 0.410 e. The molecule has 3 saturated heterocycles. The molecule has 1 saturated carbocycles. The minimum atomic E-state index is -0.316. The highest BCUT2D eigenvalue weighted by atomic mass is 16.6. The molecule has 4 fully saturated rings. The third-order valence-corrected chi connectivity index (χ3v) is 8.06. The molecule has 0 bridgehead atoms. The van der Waals surface area contributed by atoms with Gasteiger partial charge in [0.05, 0.1) is 25.0 Å². The number of epoxide rings is 2. The molecule has 0 aromatic carbocycles. The Kier molecular flexibility index (Phi) is 6.04. The van der Waals surface area contributed by atoms with E-state index < -0.39 is 0 Å². The largest absolute Gasteiger partial charge is 0.443 e. The van der Waals surface area contributed by atoms with E-state index in [0.717, 1.165) is 51.9 Å². The van der Waals surface area contributed by atoms with Gasteiger partial charge in [-0.05, 0) is 52.4 Å². The Labute approximate surface area is 196 Å². The first-order chi connectivity index (χ1) is 15.8. The maximum Gasteiger partial charge on any atom is 0.410 e. The topological polar surface area (TPSA) is 81.7 Å². The van der Waals surface area contributed by atoms with Gasteiger partial charge in [-0.2, -0.15) is 0 Å². The minimum absolute atomic E-state index is 0.0523. The fourth-order valence-corrected chi connectivity index (χ4v) is 5.93. The van der Waals surface area contributed by atoms with Gasteiger partial charge in [-0.15, -0.1) is 0 Å². The number of hydrogen-bond acceptors (Lipinski definition) is 6. The van der Waals surface area contributed by atoms with E-state index in [-0.39, 0.29) is 41.5 Å².